The Balaban J connectivity index is 2.19. The molecule has 1 saturated heterocycles. The molecule has 1 fully saturated rings. The molecule has 18 heavy (non-hydrogen) atoms. The minimum absolute atomic E-state index is 0.00679. The van der Waals surface area contributed by atoms with E-state index in [9.17, 15) is 4.79 Å². The number of hydrogen-bond donors (Lipinski definition) is 3. The molecule has 1 heterocycles. The third-order valence-corrected chi connectivity index (χ3v) is 2.98. The van der Waals surface area contributed by atoms with Gasteiger partial charge in [0.15, 0.2) is 5.96 Å². The molecule has 0 unspecified atom stereocenters. The van der Waals surface area contributed by atoms with Crippen molar-refractivity contribution in [3.8, 4) is 0 Å². The molecule has 2 rings (SSSR count). The number of aliphatic imine (C=N–C) groups is 1. The maximum Gasteiger partial charge on any atom is 0.326 e. The van der Waals surface area contributed by atoms with Crippen LogP contribution in [0.25, 0.3) is 0 Å². The summed E-state index contributed by atoms with van der Waals surface area (Å²) in [6, 6.07) is 6.78. The summed E-state index contributed by atoms with van der Waals surface area (Å²) in [5.41, 5.74) is 12.1. The summed E-state index contributed by atoms with van der Waals surface area (Å²) in [6.45, 7) is 0.763. The van der Waals surface area contributed by atoms with Crippen molar-refractivity contribution in [1.29, 1.82) is 0 Å². The maximum atomic E-state index is 11.1. The van der Waals surface area contributed by atoms with Crippen molar-refractivity contribution in [2.45, 2.75) is 18.9 Å². The van der Waals surface area contributed by atoms with Gasteiger partial charge in [-0.2, -0.15) is 0 Å². The first-order valence-corrected chi connectivity index (χ1v) is 5.77. The van der Waals surface area contributed by atoms with Crippen LogP contribution >= 0.6 is 0 Å². The molecule has 0 bridgehead atoms. The fourth-order valence-electron chi connectivity index (χ4n) is 2.20. The molecule has 0 spiro atoms. The van der Waals surface area contributed by atoms with Gasteiger partial charge in [0, 0.05) is 12.2 Å². The van der Waals surface area contributed by atoms with E-state index in [0.29, 0.717) is 12.1 Å². The zero-order valence-corrected chi connectivity index (χ0v) is 9.91. The van der Waals surface area contributed by atoms with E-state index in [0.717, 1.165) is 18.7 Å². The van der Waals surface area contributed by atoms with E-state index < -0.39 is 12.0 Å². The molecule has 5 N–H and O–H groups in total. The molecular weight excluding hydrogens is 232 g/mol. The van der Waals surface area contributed by atoms with Crippen LogP contribution in [-0.4, -0.2) is 29.6 Å². The second-order valence-electron chi connectivity index (χ2n) is 4.24. The molecule has 6 heteroatoms. The van der Waals surface area contributed by atoms with Gasteiger partial charge in [-0.05, 0) is 37.1 Å². The van der Waals surface area contributed by atoms with Crippen LogP contribution in [0, 0.1) is 0 Å². The Morgan fingerprint density at radius 1 is 1.33 bits per heavy atom. The SMILES string of the molecule is NC(N)=Nc1ccc(N2CCC[C@H]2C(=O)O)cc1. The number of carboxylic acid groups (broad SMARTS) is 1. The summed E-state index contributed by atoms with van der Waals surface area (Å²) in [4.78, 5) is 16.9. The van der Waals surface area contributed by atoms with Crippen molar-refractivity contribution in [2.75, 3.05) is 11.4 Å². The lowest BCUT2D eigenvalue weighted by Crippen LogP contribution is -2.35. The van der Waals surface area contributed by atoms with E-state index in [1.807, 2.05) is 17.0 Å². The van der Waals surface area contributed by atoms with Gasteiger partial charge in [-0.1, -0.05) is 0 Å². The van der Waals surface area contributed by atoms with Crippen molar-refractivity contribution >= 4 is 23.3 Å². The van der Waals surface area contributed by atoms with Crippen molar-refractivity contribution in [2.24, 2.45) is 16.5 Å². The second-order valence-corrected chi connectivity index (χ2v) is 4.24. The summed E-state index contributed by atoms with van der Waals surface area (Å²) in [5.74, 6) is -0.770. The number of nitrogens with two attached hydrogens (primary N) is 2. The van der Waals surface area contributed by atoms with Crippen LogP contribution in [0.15, 0.2) is 29.3 Å². The number of benzene rings is 1. The highest BCUT2D eigenvalue weighted by Crippen LogP contribution is 2.27. The number of hydrogen-bond acceptors (Lipinski definition) is 3. The van der Waals surface area contributed by atoms with Crippen LogP contribution in [0.1, 0.15) is 12.8 Å². The summed E-state index contributed by atoms with van der Waals surface area (Å²) >= 11 is 0. The van der Waals surface area contributed by atoms with Gasteiger partial charge in [0.25, 0.3) is 0 Å². The first kappa shape index (κ1) is 12.2. The quantitative estimate of drug-likeness (QED) is 0.538. The second kappa shape index (κ2) is 4.95. The number of guanidine groups is 1. The lowest BCUT2D eigenvalue weighted by atomic mass is 10.2. The van der Waals surface area contributed by atoms with Gasteiger partial charge in [-0.25, -0.2) is 9.79 Å². The minimum Gasteiger partial charge on any atom is -0.480 e. The number of carbonyl (C=O) groups is 1. The molecule has 6 nitrogen and oxygen atoms in total. The highest BCUT2D eigenvalue weighted by atomic mass is 16.4. The predicted molar refractivity (Wildman–Crippen MR) is 69.9 cm³/mol. The Morgan fingerprint density at radius 2 is 2.00 bits per heavy atom. The summed E-state index contributed by atoms with van der Waals surface area (Å²) in [5, 5.41) is 9.12. The van der Waals surface area contributed by atoms with E-state index in [-0.39, 0.29) is 5.96 Å². The molecule has 1 aliphatic heterocycles. The Kier molecular flexibility index (Phi) is 3.36. The van der Waals surface area contributed by atoms with Crippen LogP contribution in [0.5, 0.6) is 0 Å². The van der Waals surface area contributed by atoms with Gasteiger partial charge in [-0.15, -0.1) is 0 Å². The number of aliphatic carboxylic acids is 1. The highest BCUT2D eigenvalue weighted by Gasteiger charge is 2.30. The van der Waals surface area contributed by atoms with E-state index in [1.54, 1.807) is 12.1 Å². The van der Waals surface area contributed by atoms with Crippen LogP contribution in [0.4, 0.5) is 11.4 Å². The lowest BCUT2D eigenvalue weighted by molar-refractivity contribution is -0.138. The van der Waals surface area contributed by atoms with Crippen LogP contribution < -0.4 is 16.4 Å². The molecule has 0 aromatic heterocycles. The van der Waals surface area contributed by atoms with Crippen molar-refractivity contribution in [3.63, 3.8) is 0 Å². The van der Waals surface area contributed by atoms with Gasteiger partial charge in [0.1, 0.15) is 6.04 Å². The molecule has 0 saturated carbocycles. The number of carboxylic acids is 1. The van der Waals surface area contributed by atoms with Crippen molar-refractivity contribution in [1.82, 2.24) is 0 Å². The average molecular weight is 248 g/mol. The predicted octanol–water partition coefficient (Wildman–Crippen LogP) is 0.645. The Labute approximate surface area is 105 Å². The molecule has 0 radical (unpaired) electrons. The molecule has 1 aromatic rings. The van der Waals surface area contributed by atoms with E-state index >= 15 is 0 Å². The van der Waals surface area contributed by atoms with Gasteiger partial charge in [0.05, 0.1) is 5.69 Å². The molecule has 0 amide bonds. The Morgan fingerprint density at radius 3 is 2.56 bits per heavy atom. The average Bonchev–Trinajstić information content (AvgIpc) is 2.78. The molecule has 1 aromatic carbocycles. The third-order valence-electron chi connectivity index (χ3n) is 2.98. The van der Waals surface area contributed by atoms with Gasteiger partial charge < -0.3 is 21.5 Å². The van der Waals surface area contributed by atoms with Gasteiger partial charge in [0.2, 0.25) is 0 Å². The smallest absolute Gasteiger partial charge is 0.326 e. The highest BCUT2D eigenvalue weighted by molar-refractivity contribution is 5.80. The van der Waals surface area contributed by atoms with Crippen LogP contribution in [0.2, 0.25) is 0 Å². The van der Waals surface area contributed by atoms with E-state index in [1.165, 1.54) is 0 Å². The fraction of sp³-hybridized carbons (Fsp3) is 0.333. The topological polar surface area (TPSA) is 105 Å². The number of nitrogens with zero attached hydrogens (tertiary/aromatic N) is 2. The van der Waals surface area contributed by atoms with Crippen molar-refractivity contribution < 1.29 is 9.90 Å². The zero-order chi connectivity index (χ0) is 13.1. The summed E-state index contributed by atoms with van der Waals surface area (Å²) < 4.78 is 0. The van der Waals surface area contributed by atoms with Gasteiger partial charge >= 0.3 is 5.97 Å². The molecular formula is C12H16N4O2. The molecule has 1 atom stereocenters. The zero-order valence-electron chi connectivity index (χ0n) is 9.91. The monoisotopic (exact) mass is 248 g/mol. The fourth-order valence-corrected chi connectivity index (χ4v) is 2.20. The normalized spacial score (nSPS) is 18.7. The summed E-state index contributed by atoms with van der Waals surface area (Å²) in [6.07, 6.45) is 1.58. The van der Waals surface area contributed by atoms with E-state index in [4.69, 9.17) is 16.6 Å². The molecule has 96 valence electrons. The first-order chi connectivity index (χ1) is 8.58. The standard InChI is InChI=1S/C12H16N4O2/c13-12(14)15-8-3-5-9(6-4-8)16-7-1-2-10(16)11(17)18/h3-6,10H,1-2,7H2,(H,17,18)(H4,13,14,15)/t10-/m0/s1. The largest absolute Gasteiger partial charge is 0.480 e. The van der Waals surface area contributed by atoms with Gasteiger partial charge in [-0.3, -0.25) is 0 Å². The molecule has 0 aliphatic carbocycles. The Bertz CT molecular complexity index is 465. The summed E-state index contributed by atoms with van der Waals surface area (Å²) in [7, 11) is 0. The third kappa shape index (κ3) is 2.53. The van der Waals surface area contributed by atoms with Crippen molar-refractivity contribution in [3.05, 3.63) is 24.3 Å². The maximum absolute atomic E-state index is 11.1. The number of rotatable bonds is 3. The first-order valence-electron chi connectivity index (χ1n) is 5.77. The molecule has 1 aliphatic rings. The lowest BCUT2D eigenvalue weighted by Gasteiger charge is -2.23. The number of anilines is 1. The Hall–Kier alpha value is -2.24. The van der Waals surface area contributed by atoms with E-state index in [2.05, 4.69) is 4.99 Å². The van der Waals surface area contributed by atoms with Crippen LogP contribution in [0.3, 0.4) is 0 Å². The van der Waals surface area contributed by atoms with Crippen LogP contribution in [-0.2, 0) is 4.79 Å². The minimum atomic E-state index is -0.777.